The predicted octanol–water partition coefficient (Wildman–Crippen LogP) is 2.62. The zero-order chi connectivity index (χ0) is 11.6. The Hall–Kier alpha value is -1.38. The fourth-order valence-electron chi connectivity index (χ4n) is 1.39. The average molecular weight is 210 g/mol. The summed E-state index contributed by atoms with van der Waals surface area (Å²) in [6.45, 7) is 5.12. The summed E-state index contributed by atoms with van der Waals surface area (Å²) in [6.07, 6.45) is 0.791. The van der Waals surface area contributed by atoms with Crippen LogP contribution in [0.2, 0.25) is 0 Å². The van der Waals surface area contributed by atoms with E-state index >= 15 is 0 Å². The van der Waals surface area contributed by atoms with Gasteiger partial charge in [0, 0.05) is 11.0 Å². The minimum Gasteiger partial charge on any atom is -0.496 e. The molecular formula is C12H15FO2. The summed E-state index contributed by atoms with van der Waals surface area (Å²) in [5, 5.41) is 0. The van der Waals surface area contributed by atoms with E-state index in [4.69, 9.17) is 4.74 Å². The number of methoxy groups -OCH3 is 1. The van der Waals surface area contributed by atoms with Crippen LogP contribution in [0.5, 0.6) is 5.75 Å². The van der Waals surface area contributed by atoms with Crippen LogP contribution in [0.15, 0.2) is 12.1 Å². The lowest BCUT2D eigenvalue weighted by Gasteiger charge is -2.21. The summed E-state index contributed by atoms with van der Waals surface area (Å²) >= 11 is 0. The Bertz CT molecular complexity index is 383. The van der Waals surface area contributed by atoms with Gasteiger partial charge in [-0.25, -0.2) is 4.39 Å². The van der Waals surface area contributed by atoms with Crippen LogP contribution in [0.1, 0.15) is 25.0 Å². The molecule has 1 aromatic rings. The maximum absolute atomic E-state index is 13.4. The van der Waals surface area contributed by atoms with Crippen LogP contribution in [0.4, 0.5) is 4.39 Å². The Balaban J connectivity index is 3.40. The van der Waals surface area contributed by atoms with Crippen molar-refractivity contribution >= 4 is 6.29 Å². The van der Waals surface area contributed by atoms with Gasteiger partial charge in [-0.05, 0) is 38.5 Å². The van der Waals surface area contributed by atoms with Gasteiger partial charge in [-0.3, -0.25) is 0 Å². The highest BCUT2D eigenvalue weighted by Gasteiger charge is 2.25. The summed E-state index contributed by atoms with van der Waals surface area (Å²) in [4.78, 5) is 10.9. The highest BCUT2D eigenvalue weighted by atomic mass is 19.1. The van der Waals surface area contributed by atoms with Gasteiger partial charge in [-0.1, -0.05) is 0 Å². The standard InChI is InChI=1S/C12H15FO2/c1-8-5-11(15-4)9(6-10(8)13)12(2,3)7-14/h5-7H,1-4H3. The van der Waals surface area contributed by atoms with Crippen LogP contribution >= 0.6 is 0 Å². The second-order valence-electron chi connectivity index (χ2n) is 4.14. The quantitative estimate of drug-likeness (QED) is 0.717. The molecule has 0 saturated carbocycles. The Labute approximate surface area is 89.1 Å². The summed E-state index contributed by atoms with van der Waals surface area (Å²) in [6, 6.07) is 2.97. The van der Waals surface area contributed by atoms with Crippen LogP contribution in [-0.4, -0.2) is 13.4 Å². The highest BCUT2D eigenvalue weighted by molar-refractivity contribution is 5.69. The molecule has 0 bridgehead atoms. The van der Waals surface area contributed by atoms with E-state index in [1.54, 1.807) is 26.8 Å². The molecule has 0 saturated heterocycles. The van der Waals surface area contributed by atoms with E-state index in [9.17, 15) is 9.18 Å². The molecule has 0 aromatic heterocycles. The van der Waals surface area contributed by atoms with Crippen molar-refractivity contribution < 1.29 is 13.9 Å². The molecule has 0 unspecified atom stereocenters. The molecule has 0 aliphatic rings. The number of hydrogen-bond acceptors (Lipinski definition) is 2. The first-order valence-electron chi connectivity index (χ1n) is 4.73. The molecule has 82 valence electrons. The van der Waals surface area contributed by atoms with Crippen molar-refractivity contribution in [2.24, 2.45) is 0 Å². The monoisotopic (exact) mass is 210 g/mol. The van der Waals surface area contributed by atoms with E-state index in [1.807, 2.05) is 0 Å². The van der Waals surface area contributed by atoms with Crippen molar-refractivity contribution in [1.29, 1.82) is 0 Å². The van der Waals surface area contributed by atoms with Gasteiger partial charge in [0.05, 0.1) is 7.11 Å². The van der Waals surface area contributed by atoms with Gasteiger partial charge in [-0.15, -0.1) is 0 Å². The smallest absolute Gasteiger partial charge is 0.130 e. The van der Waals surface area contributed by atoms with Gasteiger partial charge in [0.25, 0.3) is 0 Å². The number of hydrogen-bond donors (Lipinski definition) is 0. The molecule has 0 N–H and O–H groups in total. The SMILES string of the molecule is COc1cc(C)c(F)cc1C(C)(C)C=O. The van der Waals surface area contributed by atoms with Crippen LogP contribution in [0, 0.1) is 12.7 Å². The van der Waals surface area contributed by atoms with E-state index in [0.29, 0.717) is 16.9 Å². The average Bonchev–Trinajstić information content (AvgIpc) is 2.21. The molecule has 0 radical (unpaired) electrons. The molecule has 2 nitrogen and oxygen atoms in total. The first-order chi connectivity index (χ1) is 6.92. The van der Waals surface area contributed by atoms with Crippen molar-refractivity contribution in [2.75, 3.05) is 7.11 Å². The molecule has 0 amide bonds. The first-order valence-corrected chi connectivity index (χ1v) is 4.73. The number of aryl methyl sites for hydroxylation is 1. The van der Waals surface area contributed by atoms with E-state index in [0.717, 1.165) is 6.29 Å². The van der Waals surface area contributed by atoms with Gasteiger partial charge >= 0.3 is 0 Å². The number of ether oxygens (including phenoxy) is 1. The molecule has 0 atom stereocenters. The summed E-state index contributed by atoms with van der Waals surface area (Å²) in [5.74, 6) is 0.228. The predicted molar refractivity (Wildman–Crippen MR) is 56.8 cm³/mol. The zero-order valence-electron chi connectivity index (χ0n) is 9.43. The lowest BCUT2D eigenvalue weighted by molar-refractivity contribution is -0.111. The highest BCUT2D eigenvalue weighted by Crippen LogP contribution is 2.32. The van der Waals surface area contributed by atoms with Crippen molar-refractivity contribution in [2.45, 2.75) is 26.2 Å². The van der Waals surface area contributed by atoms with Crippen LogP contribution in [-0.2, 0) is 10.2 Å². The second-order valence-corrected chi connectivity index (χ2v) is 4.14. The van der Waals surface area contributed by atoms with E-state index < -0.39 is 5.41 Å². The molecule has 15 heavy (non-hydrogen) atoms. The molecule has 1 aromatic carbocycles. The largest absolute Gasteiger partial charge is 0.496 e. The van der Waals surface area contributed by atoms with Gasteiger partial charge in [0.15, 0.2) is 0 Å². The lowest BCUT2D eigenvalue weighted by atomic mass is 9.85. The zero-order valence-corrected chi connectivity index (χ0v) is 9.43. The topological polar surface area (TPSA) is 26.3 Å². The number of carbonyl (C=O) groups excluding carboxylic acids is 1. The molecule has 0 aliphatic heterocycles. The first kappa shape index (κ1) is 11.7. The summed E-state index contributed by atoms with van der Waals surface area (Å²) in [7, 11) is 1.51. The van der Waals surface area contributed by atoms with Crippen molar-refractivity contribution in [3.05, 3.63) is 29.1 Å². The third-order valence-electron chi connectivity index (χ3n) is 2.47. The van der Waals surface area contributed by atoms with Crippen LogP contribution in [0.3, 0.4) is 0 Å². The van der Waals surface area contributed by atoms with E-state index in [2.05, 4.69) is 0 Å². The maximum atomic E-state index is 13.4. The molecule has 0 fully saturated rings. The van der Waals surface area contributed by atoms with Gasteiger partial charge < -0.3 is 9.53 Å². The third kappa shape index (κ3) is 2.17. The third-order valence-corrected chi connectivity index (χ3v) is 2.47. The van der Waals surface area contributed by atoms with Gasteiger partial charge in [0.1, 0.15) is 17.9 Å². The Morgan fingerprint density at radius 1 is 1.40 bits per heavy atom. The molecule has 0 heterocycles. The van der Waals surface area contributed by atoms with Crippen molar-refractivity contribution in [3.63, 3.8) is 0 Å². The lowest BCUT2D eigenvalue weighted by Crippen LogP contribution is -2.20. The van der Waals surface area contributed by atoms with Crippen LogP contribution in [0.25, 0.3) is 0 Å². The number of halogens is 1. The number of benzene rings is 1. The van der Waals surface area contributed by atoms with Gasteiger partial charge in [-0.2, -0.15) is 0 Å². The minimum atomic E-state index is -0.736. The van der Waals surface area contributed by atoms with E-state index in [-0.39, 0.29) is 5.82 Å². The Kier molecular flexibility index (Phi) is 3.12. The molecule has 1 rings (SSSR count). The fourth-order valence-corrected chi connectivity index (χ4v) is 1.39. The summed E-state index contributed by atoms with van der Waals surface area (Å²) < 4.78 is 18.5. The Morgan fingerprint density at radius 2 is 2.00 bits per heavy atom. The molecular weight excluding hydrogens is 195 g/mol. The summed E-state index contributed by atoms with van der Waals surface area (Å²) in [5.41, 5.74) is 0.347. The van der Waals surface area contributed by atoms with Gasteiger partial charge in [0.2, 0.25) is 0 Å². The molecule has 0 spiro atoms. The molecule has 3 heteroatoms. The van der Waals surface area contributed by atoms with Crippen molar-refractivity contribution in [3.8, 4) is 5.75 Å². The second kappa shape index (κ2) is 4.01. The minimum absolute atomic E-state index is 0.319. The number of aldehydes is 1. The number of carbonyl (C=O) groups is 1. The normalized spacial score (nSPS) is 11.3. The Morgan fingerprint density at radius 3 is 2.47 bits per heavy atom. The van der Waals surface area contributed by atoms with E-state index in [1.165, 1.54) is 13.2 Å². The fraction of sp³-hybridized carbons (Fsp3) is 0.417. The molecule has 0 aliphatic carbocycles. The van der Waals surface area contributed by atoms with Crippen LogP contribution < -0.4 is 4.74 Å². The maximum Gasteiger partial charge on any atom is 0.130 e. The number of rotatable bonds is 3. The van der Waals surface area contributed by atoms with Crippen molar-refractivity contribution in [1.82, 2.24) is 0 Å².